The summed E-state index contributed by atoms with van der Waals surface area (Å²) in [4.78, 5) is 2.89. The van der Waals surface area contributed by atoms with E-state index in [4.69, 9.17) is 0 Å². The number of rotatable bonds is 1. The predicted molar refractivity (Wildman–Crippen MR) is 90.4 cm³/mol. The van der Waals surface area contributed by atoms with Gasteiger partial charge >= 0.3 is 0 Å². The molecule has 1 aliphatic heterocycles. The zero-order valence-corrected chi connectivity index (χ0v) is 15.3. The quantitative estimate of drug-likeness (QED) is 0.788. The Morgan fingerprint density at radius 2 is 1.81 bits per heavy atom. The normalized spacial score (nSPS) is 47.0. The first kappa shape index (κ1) is 15.8. The monoisotopic (exact) mass is 292 g/mol. The highest BCUT2D eigenvalue weighted by molar-refractivity contribution is 5.14. The van der Waals surface area contributed by atoms with Crippen LogP contribution in [0.1, 0.15) is 67.7 Å². The van der Waals surface area contributed by atoms with Gasteiger partial charge < -0.3 is 5.32 Å². The van der Waals surface area contributed by atoms with Gasteiger partial charge in [0, 0.05) is 31.2 Å². The summed E-state index contributed by atoms with van der Waals surface area (Å²) in [6, 6.07) is 2.06. The number of fused-ring (bicyclic) bond motifs is 2. The van der Waals surface area contributed by atoms with Crippen molar-refractivity contribution in [1.82, 2.24) is 10.2 Å². The summed E-state index contributed by atoms with van der Waals surface area (Å²) in [5, 5.41) is 3.80. The van der Waals surface area contributed by atoms with Crippen molar-refractivity contribution in [2.24, 2.45) is 22.2 Å². The number of hydrogen-bond acceptors (Lipinski definition) is 2. The second-order valence-electron chi connectivity index (χ2n) is 10.2. The van der Waals surface area contributed by atoms with Gasteiger partial charge in [-0.2, -0.15) is 0 Å². The minimum atomic E-state index is 0.348. The minimum Gasteiger partial charge on any atom is -0.311 e. The number of nitrogens with zero attached hydrogens (tertiary/aromatic N) is 1. The van der Waals surface area contributed by atoms with Crippen LogP contribution in [0.5, 0.6) is 0 Å². The average Bonchev–Trinajstić information content (AvgIpc) is 2.81. The van der Waals surface area contributed by atoms with E-state index >= 15 is 0 Å². The van der Waals surface area contributed by atoms with E-state index in [0.29, 0.717) is 28.3 Å². The van der Waals surface area contributed by atoms with Crippen molar-refractivity contribution in [3.63, 3.8) is 0 Å². The van der Waals surface area contributed by atoms with E-state index < -0.39 is 0 Å². The van der Waals surface area contributed by atoms with Crippen molar-refractivity contribution >= 4 is 0 Å². The van der Waals surface area contributed by atoms with Gasteiger partial charge in [-0.1, -0.05) is 41.5 Å². The molecule has 1 saturated heterocycles. The smallest absolute Gasteiger partial charge is 0.0244 e. The predicted octanol–water partition coefficient (Wildman–Crippen LogP) is 3.91. The van der Waals surface area contributed by atoms with Gasteiger partial charge in [0.2, 0.25) is 0 Å². The van der Waals surface area contributed by atoms with E-state index in [9.17, 15) is 0 Å². The highest BCUT2D eigenvalue weighted by atomic mass is 15.3. The van der Waals surface area contributed by atoms with E-state index in [1.807, 2.05) is 0 Å². The Bertz CT molecular complexity index is 404. The fourth-order valence-corrected chi connectivity index (χ4v) is 5.93. The Balaban J connectivity index is 1.87. The molecule has 2 nitrogen and oxygen atoms in total. The maximum atomic E-state index is 3.80. The molecule has 3 aliphatic rings. The summed E-state index contributed by atoms with van der Waals surface area (Å²) < 4.78 is 0. The Labute approximate surface area is 132 Å². The van der Waals surface area contributed by atoms with Crippen LogP contribution in [0.25, 0.3) is 0 Å². The van der Waals surface area contributed by atoms with E-state index in [-0.39, 0.29) is 0 Å². The van der Waals surface area contributed by atoms with Crippen molar-refractivity contribution in [3.05, 3.63) is 0 Å². The van der Waals surface area contributed by atoms with Crippen molar-refractivity contribution in [3.8, 4) is 0 Å². The highest BCUT2D eigenvalue weighted by Crippen LogP contribution is 2.64. The molecular weight excluding hydrogens is 256 g/mol. The van der Waals surface area contributed by atoms with Crippen LogP contribution < -0.4 is 5.32 Å². The molecule has 0 aromatic rings. The van der Waals surface area contributed by atoms with E-state index in [2.05, 4.69) is 58.7 Å². The second-order valence-corrected chi connectivity index (χ2v) is 10.2. The molecule has 2 heteroatoms. The van der Waals surface area contributed by atoms with Crippen LogP contribution in [0.3, 0.4) is 0 Å². The van der Waals surface area contributed by atoms with Gasteiger partial charge in [0.05, 0.1) is 0 Å². The molecular formula is C19H36N2. The van der Waals surface area contributed by atoms with Gasteiger partial charge in [-0.3, -0.25) is 4.90 Å². The van der Waals surface area contributed by atoms with E-state index in [1.165, 1.54) is 25.8 Å². The van der Waals surface area contributed by atoms with Gasteiger partial charge in [0.15, 0.2) is 0 Å². The van der Waals surface area contributed by atoms with Crippen molar-refractivity contribution in [2.75, 3.05) is 13.1 Å². The molecule has 0 aromatic heterocycles. The molecule has 21 heavy (non-hydrogen) atoms. The molecule has 2 bridgehead atoms. The van der Waals surface area contributed by atoms with E-state index in [1.54, 1.807) is 0 Å². The summed E-state index contributed by atoms with van der Waals surface area (Å²) in [6.07, 6.45) is 4.37. The Morgan fingerprint density at radius 1 is 1.14 bits per heavy atom. The molecule has 5 unspecified atom stereocenters. The summed E-state index contributed by atoms with van der Waals surface area (Å²) in [5.74, 6) is 0.947. The second kappa shape index (κ2) is 4.71. The van der Waals surface area contributed by atoms with Crippen LogP contribution in [-0.4, -0.2) is 36.1 Å². The molecule has 0 spiro atoms. The Hall–Kier alpha value is -0.0800. The molecule has 0 amide bonds. The van der Waals surface area contributed by atoms with Crippen molar-refractivity contribution < 1.29 is 0 Å². The SMILES string of the molecule is CC1CNC(C(C)(C)C)CN1C1C2(C)CCC(C2)C1(C)C. The largest absolute Gasteiger partial charge is 0.311 e. The lowest BCUT2D eigenvalue weighted by atomic mass is 9.67. The first-order valence-corrected chi connectivity index (χ1v) is 9.05. The zero-order chi connectivity index (χ0) is 15.6. The number of hydrogen-bond donors (Lipinski definition) is 1. The topological polar surface area (TPSA) is 15.3 Å². The summed E-state index contributed by atoms with van der Waals surface area (Å²) in [6.45, 7) is 19.6. The zero-order valence-electron chi connectivity index (χ0n) is 15.3. The number of piperazine rings is 1. The van der Waals surface area contributed by atoms with Gasteiger partial charge in [-0.05, 0) is 48.3 Å². The van der Waals surface area contributed by atoms with E-state index in [0.717, 1.165) is 18.5 Å². The first-order chi connectivity index (χ1) is 9.56. The third-order valence-corrected chi connectivity index (χ3v) is 7.19. The Morgan fingerprint density at radius 3 is 2.33 bits per heavy atom. The molecule has 1 N–H and O–H groups in total. The first-order valence-electron chi connectivity index (χ1n) is 9.05. The molecule has 3 rings (SSSR count). The van der Waals surface area contributed by atoms with Crippen LogP contribution >= 0.6 is 0 Å². The molecule has 2 aliphatic carbocycles. The summed E-state index contributed by atoms with van der Waals surface area (Å²) in [7, 11) is 0. The molecule has 0 aromatic carbocycles. The maximum Gasteiger partial charge on any atom is 0.0244 e. The molecule has 0 radical (unpaired) electrons. The standard InChI is InChI=1S/C19H36N2/c1-13-11-20-15(17(2,3)4)12-21(13)16-18(5,6)14-8-9-19(16,7)10-14/h13-16,20H,8-12H2,1-7H3. The lowest BCUT2D eigenvalue weighted by molar-refractivity contribution is -0.0461. The van der Waals surface area contributed by atoms with Crippen LogP contribution in [0.2, 0.25) is 0 Å². The van der Waals surface area contributed by atoms with Crippen LogP contribution in [-0.2, 0) is 0 Å². The average molecular weight is 293 g/mol. The molecule has 3 fully saturated rings. The molecule has 2 saturated carbocycles. The van der Waals surface area contributed by atoms with Gasteiger partial charge in [-0.25, -0.2) is 0 Å². The van der Waals surface area contributed by atoms with Crippen molar-refractivity contribution in [1.29, 1.82) is 0 Å². The summed E-state index contributed by atoms with van der Waals surface area (Å²) >= 11 is 0. The number of nitrogens with one attached hydrogen (secondary N) is 1. The maximum absolute atomic E-state index is 3.80. The third-order valence-electron chi connectivity index (χ3n) is 7.19. The fourth-order valence-electron chi connectivity index (χ4n) is 5.93. The molecule has 1 heterocycles. The van der Waals surface area contributed by atoms with Gasteiger partial charge in [-0.15, -0.1) is 0 Å². The Kier molecular flexibility index (Phi) is 3.54. The van der Waals surface area contributed by atoms with Gasteiger partial charge in [0.25, 0.3) is 0 Å². The van der Waals surface area contributed by atoms with Crippen LogP contribution in [0, 0.1) is 22.2 Å². The molecule has 5 atom stereocenters. The summed E-state index contributed by atoms with van der Waals surface area (Å²) in [5.41, 5.74) is 1.39. The van der Waals surface area contributed by atoms with Crippen LogP contribution in [0.4, 0.5) is 0 Å². The third kappa shape index (κ3) is 2.37. The lowest BCUT2D eigenvalue weighted by Gasteiger charge is -2.55. The lowest BCUT2D eigenvalue weighted by Crippen LogP contribution is -2.66. The fraction of sp³-hybridized carbons (Fsp3) is 1.00. The van der Waals surface area contributed by atoms with Crippen LogP contribution in [0.15, 0.2) is 0 Å². The van der Waals surface area contributed by atoms with Crippen molar-refractivity contribution in [2.45, 2.75) is 85.9 Å². The highest BCUT2D eigenvalue weighted by Gasteiger charge is 2.61. The molecule has 122 valence electrons. The minimum absolute atomic E-state index is 0.348. The van der Waals surface area contributed by atoms with Gasteiger partial charge in [0.1, 0.15) is 0 Å².